The number of hydrogen-bond acceptors (Lipinski definition) is 3. The number of halogens is 1. The van der Waals surface area contributed by atoms with Gasteiger partial charge < -0.3 is 9.84 Å². The molecule has 184 valence electrons. The first-order valence-corrected chi connectivity index (χ1v) is 12.7. The van der Waals surface area contributed by atoms with Crippen molar-refractivity contribution in [1.29, 1.82) is 0 Å². The zero-order valence-corrected chi connectivity index (χ0v) is 20.9. The van der Waals surface area contributed by atoms with Crippen molar-refractivity contribution < 1.29 is 14.2 Å². The molecule has 5 rings (SSSR count). The van der Waals surface area contributed by atoms with Crippen molar-refractivity contribution in [3.63, 3.8) is 0 Å². The van der Waals surface area contributed by atoms with Crippen LogP contribution < -0.4 is 0 Å². The van der Waals surface area contributed by atoms with Gasteiger partial charge in [0.2, 0.25) is 0 Å². The molecule has 35 heavy (non-hydrogen) atoms. The van der Waals surface area contributed by atoms with Crippen LogP contribution in [0.15, 0.2) is 66.4 Å². The van der Waals surface area contributed by atoms with Crippen LogP contribution in [0.25, 0.3) is 11.8 Å². The summed E-state index contributed by atoms with van der Waals surface area (Å²) in [7, 11) is 0. The van der Waals surface area contributed by atoms with Gasteiger partial charge >= 0.3 is 0 Å². The number of aliphatic hydroxyl groups is 1. The highest BCUT2D eigenvalue weighted by molar-refractivity contribution is 5.62. The highest BCUT2D eigenvalue weighted by Gasteiger charge is 2.56. The van der Waals surface area contributed by atoms with Crippen molar-refractivity contribution in [2.24, 2.45) is 16.7 Å². The summed E-state index contributed by atoms with van der Waals surface area (Å²) in [6.07, 6.45) is 7.14. The van der Waals surface area contributed by atoms with Gasteiger partial charge in [-0.25, -0.2) is 9.07 Å². The van der Waals surface area contributed by atoms with E-state index in [1.54, 1.807) is 12.1 Å². The molecule has 4 nitrogen and oxygen atoms in total. The van der Waals surface area contributed by atoms with Crippen molar-refractivity contribution in [1.82, 2.24) is 9.78 Å². The van der Waals surface area contributed by atoms with Crippen LogP contribution in [0.3, 0.4) is 0 Å². The fourth-order valence-corrected chi connectivity index (χ4v) is 6.09. The van der Waals surface area contributed by atoms with E-state index in [2.05, 4.69) is 31.9 Å². The molecule has 1 saturated carbocycles. The lowest BCUT2D eigenvalue weighted by Gasteiger charge is -2.47. The molecular formula is C30H35FN2O2. The van der Waals surface area contributed by atoms with Gasteiger partial charge in [0.25, 0.3) is 0 Å². The standard InChI is InChI=1S/C30H35FN2O2/c1-21(2)19-35-20-30(17-28(34)22-7-5-4-6-8-22)14-13-24-15-27-23(16-29(24,30)3)18-32-33(27)26-11-9-25(31)10-12-26/h4-12,15,18,21,28,34H,13-14,16-17,19-20H2,1-3H3. The Morgan fingerprint density at radius 2 is 1.86 bits per heavy atom. The fourth-order valence-electron chi connectivity index (χ4n) is 6.09. The Kier molecular flexibility index (Phi) is 6.41. The molecule has 2 aliphatic rings. The van der Waals surface area contributed by atoms with Crippen LogP contribution in [0.5, 0.6) is 0 Å². The van der Waals surface area contributed by atoms with Crippen molar-refractivity contribution in [2.45, 2.75) is 52.6 Å². The van der Waals surface area contributed by atoms with Gasteiger partial charge in [0.15, 0.2) is 0 Å². The second-order valence-corrected chi connectivity index (χ2v) is 10.9. The van der Waals surface area contributed by atoms with E-state index in [-0.39, 0.29) is 16.6 Å². The second kappa shape index (κ2) is 9.36. The number of aromatic nitrogens is 2. The minimum Gasteiger partial charge on any atom is -0.388 e. The highest BCUT2D eigenvalue weighted by Crippen LogP contribution is 2.63. The van der Waals surface area contributed by atoms with Crippen molar-refractivity contribution in [3.05, 3.63) is 89.0 Å². The molecule has 5 heteroatoms. The Labute approximate surface area is 207 Å². The number of allylic oxidation sites excluding steroid dienone is 1. The first-order chi connectivity index (χ1) is 16.8. The fraction of sp³-hybridized carbons (Fsp3) is 0.433. The molecule has 0 aliphatic heterocycles. The average molecular weight is 475 g/mol. The number of aliphatic hydroxyl groups excluding tert-OH is 1. The molecular weight excluding hydrogens is 439 g/mol. The monoisotopic (exact) mass is 474 g/mol. The number of rotatable bonds is 8. The van der Waals surface area contributed by atoms with E-state index in [9.17, 15) is 9.50 Å². The molecule has 0 amide bonds. The van der Waals surface area contributed by atoms with Crippen LogP contribution in [0.4, 0.5) is 4.39 Å². The molecule has 1 aromatic heterocycles. The smallest absolute Gasteiger partial charge is 0.123 e. The molecule has 2 aliphatic carbocycles. The summed E-state index contributed by atoms with van der Waals surface area (Å²) in [4.78, 5) is 0. The van der Waals surface area contributed by atoms with Crippen LogP contribution >= 0.6 is 0 Å². The lowest BCUT2D eigenvalue weighted by molar-refractivity contribution is -0.0496. The summed E-state index contributed by atoms with van der Waals surface area (Å²) in [5.74, 6) is 0.210. The molecule has 3 aromatic rings. The third-order valence-electron chi connectivity index (χ3n) is 8.16. The van der Waals surface area contributed by atoms with E-state index in [0.29, 0.717) is 25.6 Å². The van der Waals surface area contributed by atoms with E-state index in [1.807, 2.05) is 41.2 Å². The van der Waals surface area contributed by atoms with Gasteiger partial charge in [0.05, 0.1) is 30.3 Å². The Hall–Kier alpha value is -2.76. The van der Waals surface area contributed by atoms with E-state index >= 15 is 0 Å². The van der Waals surface area contributed by atoms with Crippen LogP contribution in [0.2, 0.25) is 0 Å². The third-order valence-corrected chi connectivity index (χ3v) is 8.16. The molecule has 0 spiro atoms. The molecule has 2 aromatic carbocycles. The molecule has 1 heterocycles. The topological polar surface area (TPSA) is 47.3 Å². The zero-order valence-electron chi connectivity index (χ0n) is 20.9. The van der Waals surface area contributed by atoms with Crippen molar-refractivity contribution in [3.8, 4) is 5.69 Å². The second-order valence-electron chi connectivity index (χ2n) is 10.9. The number of fused-ring (bicyclic) bond motifs is 2. The quantitative estimate of drug-likeness (QED) is 0.404. The number of nitrogens with zero attached hydrogens (tertiary/aromatic N) is 2. The van der Waals surface area contributed by atoms with Gasteiger partial charge in [0.1, 0.15) is 5.82 Å². The molecule has 1 fully saturated rings. The Bertz CT molecular complexity index is 1200. The molecule has 3 unspecified atom stereocenters. The summed E-state index contributed by atoms with van der Waals surface area (Å²) < 4.78 is 21.7. The maximum absolute atomic E-state index is 13.5. The summed E-state index contributed by atoms with van der Waals surface area (Å²) >= 11 is 0. The molecule has 1 N–H and O–H groups in total. The Morgan fingerprint density at radius 3 is 2.57 bits per heavy atom. The lowest BCUT2D eigenvalue weighted by Crippen LogP contribution is -2.44. The van der Waals surface area contributed by atoms with Crippen LogP contribution in [-0.4, -0.2) is 28.1 Å². The largest absolute Gasteiger partial charge is 0.388 e. The first-order valence-electron chi connectivity index (χ1n) is 12.7. The number of ether oxygens (including phenoxy) is 1. The van der Waals surface area contributed by atoms with Gasteiger partial charge in [-0.05, 0) is 73.1 Å². The normalized spacial score (nSPS) is 24.2. The van der Waals surface area contributed by atoms with Gasteiger partial charge in [-0.2, -0.15) is 5.10 Å². The molecule has 0 bridgehead atoms. The van der Waals surface area contributed by atoms with Gasteiger partial charge in [-0.15, -0.1) is 0 Å². The van der Waals surface area contributed by atoms with Crippen LogP contribution in [0, 0.1) is 22.6 Å². The van der Waals surface area contributed by atoms with Crippen molar-refractivity contribution in [2.75, 3.05) is 13.2 Å². The predicted octanol–water partition coefficient (Wildman–Crippen LogP) is 6.53. The first kappa shape index (κ1) is 24.0. The Balaban J connectivity index is 1.49. The Morgan fingerprint density at radius 1 is 1.11 bits per heavy atom. The summed E-state index contributed by atoms with van der Waals surface area (Å²) in [6.45, 7) is 8.03. The number of hydrogen-bond donors (Lipinski definition) is 1. The van der Waals surface area contributed by atoms with Crippen molar-refractivity contribution >= 4 is 6.08 Å². The van der Waals surface area contributed by atoms with E-state index in [1.165, 1.54) is 23.3 Å². The van der Waals surface area contributed by atoms with E-state index < -0.39 is 6.10 Å². The average Bonchev–Trinajstić information content (AvgIpc) is 3.36. The predicted molar refractivity (Wildman–Crippen MR) is 137 cm³/mol. The molecule has 0 saturated heterocycles. The summed E-state index contributed by atoms with van der Waals surface area (Å²) in [5.41, 5.74) is 5.15. The minimum absolute atomic E-state index is 0.136. The maximum Gasteiger partial charge on any atom is 0.123 e. The third kappa shape index (κ3) is 4.36. The zero-order chi connectivity index (χ0) is 24.6. The highest BCUT2D eigenvalue weighted by atomic mass is 19.1. The SMILES string of the molecule is CC(C)COCC1(CC(O)c2ccccc2)CCC2=Cc3c(cnn3-c3ccc(F)cc3)CC21C. The molecule has 0 radical (unpaired) electrons. The van der Waals surface area contributed by atoms with Gasteiger partial charge in [-0.1, -0.05) is 56.7 Å². The van der Waals surface area contributed by atoms with E-state index in [0.717, 1.165) is 36.2 Å². The summed E-state index contributed by atoms with van der Waals surface area (Å²) in [5, 5.41) is 16.0. The van der Waals surface area contributed by atoms with Crippen LogP contribution in [0.1, 0.15) is 63.0 Å². The van der Waals surface area contributed by atoms with Gasteiger partial charge in [-0.3, -0.25) is 0 Å². The van der Waals surface area contributed by atoms with E-state index in [4.69, 9.17) is 4.74 Å². The summed E-state index contributed by atoms with van der Waals surface area (Å²) in [6, 6.07) is 16.4. The van der Waals surface area contributed by atoms with Crippen LogP contribution in [-0.2, 0) is 11.2 Å². The minimum atomic E-state index is -0.543. The maximum atomic E-state index is 13.5. The number of benzene rings is 2. The lowest BCUT2D eigenvalue weighted by atomic mass is 9.59. The van der Waals surface area contributed by atoms with Gasteiger partial charge in [0, 0.05) is 17.4 Å². The molecule has 3 atom stereocenters.